The SMILES string of the molecule is Cc1ccc(C)c(N(c2ccc3c(c2)C(C)(C)c2cc(N(c4cc(C)ccc4C)c4cccc5ccccc45)c4ccccc4c2-3)c2cccc3ccccc23)c1. The van der Waals surface area contributed by atoms with Crippen molar-refractivity contribution >= 4 is 66.4 Å². The second-order valence-electron chi connectivity index (χ2n) is 16.5. The maximum atomic E-state index is 2.53. The van der Waals surface area contributed by atoms with Gasteiger partial charge in [0.1, 0.15) is 0 Å². The van der Waals surface area contributed by atoms with Gasteiger partial charge in [-0.05, 0) is 131 Å². The molecule has 0 radical (unpaired) electrons. The topological polar surface area (TPSA) is 6.48 Å². The maximum Gasteiger partial charge on any atom is 0.0543 e. The van der Waals surface area contributed by atoms with Crippen molar-refractivity contribution in [3.8, 4) is 11.1 Å². The first kappa shape index (κ1) is 34.8. The van der Waals surface area contributed by atoms with E-state index in [4.69, 9.17) is 0 Å². The summed E-state index contributed by atoms with van der Waals surface area (Å²) in [6.45, 7) is 13.7. The van der Waals surface area contributed by atoms with Crippen LogP contribution in [0.5, 0.6) is 0 Å². The Balaban J connectivity index is 1.22. The van der Waals surface area contributed by atoms with Crippen molar-refractivity contribution in [2.75, 3.05) is 9.80 Å². The van der Waals surface area contributed by atoms with Crippen LogP contribution < -0.4 is 9.80 Å². The predicted octanol–water partition coefficient (Wildman–Crippen LogP) is 15.6. The lowest BCUT2D eigenvalue weighted by Gasteiger charge is -2.32. The molecule has 0 saturated heterocycles. The number of benzene rings is 9. The number of rotatable bonds is 6. The van der Waals surface area contributed by atoms with E-state index < -0.39 is 0 Å². The molecular formula is C55H46N2. The molecule has 276 valence electrons. The average Bonchev–Trinajstić information content (AvgIpc) is 3.46. The molecule has 0 spiro atoms. The molecule has 0 bridgehead atoms. The summed E-state index contributed by atoms with van der Waals surface area (Å²) in [6.07, 6.45) is 0. The number of anilines is 6. The van der Waals surface area contributed by atoms with Gasteiger partial charge in [-0.1, -0.05) is 141 Å². The smallest absolute Gasteiger partial charge is 0.0543 e. The number of nitrogens with zero attached hydrogens (tertiary/aromatic N) is 2. The summed E-state index contributed by atoms with van der Waals surface area (Å²) in [4.78, 5) is 5.01. The Morgan fingerprint density at radius 2 is 0.877 bits per heavy atom. The van der Waals surface area contributed by atoms with Crippen molar-refractivity contribution < 1.29 is 0 Å². The Hall–Kier alpha value is -6.64. The zero-order chi connectivity index (χ0) is 39.0. The maximum absolute atomic E-state index is 2.53. The monoisotopic (exact) mass is 734 g/mol. The minimum absolute atomic E-state index is 0.280. The van der Waals surface area contributed by atoms with Gasteiger partial charge in [0.15, 0.2) is 0 Å². The van der Waals surface area contributed by atoms with E-state index >= 15 is 0 Å². The third-order valence-electron chi connectivity index (χ3n) is 12.4. The van der Waals surface area contributed by atoms with Crippen molar-refractivity contribution in [2.24, 2.45) is 0 Å². The molecular weight excluding hydrogens is 689 g/mol. The summed E-state index contributed by atoms with van der Waals surface area (Å²) < 4.78 is 0. The van der Waals surface area contributed by atoms with Gasteiger partial charge in [0, 0.05) is 38.6 Å². The minimum Gasteiger partial charge on any atom is -0.310 e. The van der Waals surface area contributed by atoms with Gasteiger partial charge in [-0.15, -0.1) is 0 Å². The molecule has 0 amide bonds. The lowest BCUT2D eigenvalue weighted by Crippen LogP contribution is -2.18. The number of fused-ring (bicyclic) bond motifs is 7. The van der Waals surface area contributed by atoms with Gasteiger partial charge in [-0.3, -0.25) is 0 Å². The van der Waals surface area contributed by atoms with E-state index in [-0.39, 0.29) is 5.41 Å². The van der Waals surface area contributed by atoms with Crippen LogP contribution in [0.15, 0.2) is 170 Å². The van der Waals surface area contributed by atoms with E-state index in [9.17, 15) is 0 Å². The van der Waals surface area contributed by atoms with Crippen molar-refractivity contribution in [1.82, 2.24) is 0 Å². The summed E-state index contributed by atoms with van der Waals surface area (Å²) in [5, 5.41) is 7.46. The quantitative estimate of drug-likeness (QED) is 0.168. The molecule has 0 heterocycles. The summed E-state index contributed by atoms with van der Waals surface area (Å²) in [5.41, 5.74) is 17.2. The van der Waals surface area contributed by atoms with Gasteiger partial charge in [0.25, 0.3) is 0 Å². The molecule has 0 saturated carbocycles. The highest BCUT2D eigenvalue weighted by molar-refractivity contribution is 6.12. The van der Waals surface area contributed by atoms with Crippen LogP contribution in [0, 0.1) is 27.7 Å². The molecule has 10 rings (SSSR count). The van der Waals surface area contributed by atoms with Crippen LogP contribution in [0.25, 0.3) is 43.4 Å². The zero-order valence-electron chi connectivity index (χ0n) is 33.6. The Labute approximate surface area is 336 Å². The second-order valence-corrected chi connectivity index (χ2v) is 16.5. The fourth-order valence-corrected chi connectivity index (χ4v) is 9.40. The van der Waals surface area contributed by atoms with Gasteiger partial charge < -0.3 is 9.80 Å². The molecule has 0 N–H and O–H groups in total. The Kier molecular flexibility index (Phi) is 8.09. The molecule has 1 aliphatic carbocycles. The first-order valence-corrected chi connectivity index (χ1v) is 20.1. The molecule has 0 unspecified atom stereocenters. The number of aryl methyl sites for hydroxylation is 4. The van der Waals surface area contributed by atoms with E-state index in [1.807, 2.05) is 0 Å². The largest absolute Gasteiger partial charge is 0.310 e. The van der Waals surface area contributed by atoms with E-state index in [1.54, 1.807) is 0 Å². The van der Waals surface area contributed by atoms with Crippen LogP contribution in [-0.4, -0.2) is 0 Å². The lowest BCUT2D eigenvalue weighted by molar-refractivity contribution is 0.661. The van der Waals surface area contributed by atoms with Crippen LogP contribution >= 0.6 is 0 Å². The minimum atomic E-state index is -0.280. The standard InChI is InChI=1S/C55H46N2/c1-35-25-27-37(3)51(31-35)56(49-23-13-17-39-15-7-9-19-42(39)49)41-29-30-46-47(33-41)55(5,6)48-34-53(44-21-11-12-22-45(44)54(46)48)57(52-32-36(2)26-28-38(52)4)50-24-14-18-40-16-8-10-20-43(40)50/h7-34H,1-6H3. The van der Waals surface area contributed by atoms with Gasteiger partial charge >= 0.3 is 0 Å². The average molecular weight is 735 g/mol. The van der Waals surface area contributed by atoms with Crippen molar-refractivity contribution in [2.45, 2.75) is 47.0 Å². The van der Waals surface area contributed by atoms with Crippen molar-refractivity contribution in [3.05, 3.63) is 203 Å². The van der Waals surface area contributed by atoms with E-state index in [0.717, 1.165) is 5.69 Å². The molecule has 2 heteroatoms. The molecule has 9 aromatic carbocycles. The third-order valence-corrected chi connectivity index (χ3v) is 12.4. The van der Waals surface area contributed by atoms with Gasteiger partial charge in [0.2, 0.25) is 0 Å². The molecule has 0 fully saturated rings. The fraction of sp³-hybridized carbons (Fsp3) is 0.127. The molecule has 2 nitrogen and oxygen atoms in total. The van der Waals surface area contributed by atoms with Crippen LogP contribution in [0.3, 0.4) is 0 Å². The second kappa shape index (κ2) is 13.2. The molecule has 0 aromatic heterocycles. The van der Waals surface area contributed by atoms with E-state index in [0.29, 0.717) is 0 Å². The molecule has 9 aromatic rings. The Morgan fingerprint density at radius 1 is 0.368 bits per heavy atom. The highest BCUT2D eigenvalue weighted by Crippen LogP contribution is 2.56. The first-order valence-electron chi connectivity index (χ1n) is 20.1. The fourth-order valence-electron chi connectivity index (χ4n) is 9.40. The molecule has 1 aliphatic rings. The summed E-state index contributed by atoms with van der Waals surface area (Å²) in [7, 11) is 0. The summed E-state index contributed by atoms with van der Waals surface area (Å²) in [5.74, 6) is 0. The van der Waals surface area contributed by atoms with E-state index in [1.165, 1.54) is 105 Å². The van der Waals surface area contributed by atoms with Crippen molar-refractivity contribution in [1.29, 1.82) is 0 Å². The lowest BCUT2D eigenvalue weighted by atomic mass is 9.81. The predicted molar refractivity (Wildman–Crippen MR) is 245 cm³/mol. The van der Waals surface area contributed by atoms with E-state index in [2.05, 4.69) is 221 Å². The Bertz CT molecular complexity index is 3050. The molecule has 57 heavy (non-hydrogen) atoms. The molecule has 0 atom stereocenters. The first-order chi connectivity index (χ1) is 27.7. The highest BCUT2D eigenvalue weighted by Gasteiger charge is 2.39. The summed E-state index contributed by atoms with van der Waals surface area (Å²) in [6, 6.07) is 63.3. The van der Waals surface area contributed by atoms with Crippen LogP contribution in [0.2, 0.25) is 0 Å². The van der Waals surface area contributed by atoms with Crippen LogP contribution in [0.1, 0.15) is 47.2 Å². The third kappa shape index (κ3) is 5.54. The number of hydrogen-bond donors (Lipinski definition) is 0. The van der Waals surface area contributed by atoms with Crippen molar-refractivity contribution in [3.63, 3.8) is 0 Å². The number of hydrogen-bond acceptors (Lipinski definition) is 2. The summed E-state index contributed by atoms with van der Waals surface area (Å²) >= 11 is 0. The van der Waals surface area contributed by atoms with Crippen LogP contribution in [-0.2, 0) is 5.41 Å². The van der Waals surface area contributed by atoms with Gasteiger partial charge in [-0.2, -0.15) is 0 Å². The molecule has 0 aliphatic heterocycles. The van der Waals surface area contributed by atoms with Gasteiger partial charge in [0.05, 0.1) is 17.1 Å². The highest BCUT2D eigenvalue weighted by atomic mass is 15.2. The normalized spacial score (nSPS) is 12.9. The zero-order valence-corrected chi connectivity index (χ0v) is 33.6. The van der Waals surface area contributed by atoms with Crippen LogP contribution in [0.4, 0.5) is 34.1 Å². The van der Waals surface area contributed by atoms with Gasteiger partial charge in [-0.25, -0.2) is 0 Å². The Morgan fingerprint density at radius 3 is 1.49 bits per heavy atom.